The number of carboxylic acid groups (broad SMARTS) is 1. The molecule has 0 aliphatic heterocycles. The second kappa shape index (κ2) is 6.82. The number of nitrogens with two attached hydrogens (primary N) is 1. The van der Waals surface area contributed by atoms with Crippen LogP contribution < -0.4 is 5.73 Å². The molecule has 4 heteroatoms. The van der Waals surface area contributed by atoms with Crippen LogP contribution in [0, 0.1) is 5.92 Å². The van der Waals surface area contributed by atoms with Gasteiger partial charge in [-0.05, 0) is 25.8 Å². The lowest BCUT2D eigenvalue weighted by Gasteiger charge is -2.10. The Bertz CT molecular complexity index is 140. The van der Waals surface area contributed by atoms with E-state index in [1.165, 1.54) is 0 Å². The second-order valence-corrected chi connectivity index (χ2v) is 2.86. The van der Waals surface area contributed by atoms with Gasteiger partial charge >= 0.3 is 5.97 Å². The van der Waals surface area contributed by atoms with E-state index in [1.54, 1.807) is 0 Å². The van der Waals surface area contributed by atoms with E-state index >= 15 is 0 Å². The van der Waals surface area contributed by atoms with Crippen molar-refractivity contribution in [1.29, 1.82) is 0 Å². The molecule has 0 aliphatic rings. The van der Waals surface area contributed by atoms with Crippen LogP contribution in [0.5, 0.6) is 0 Å². The van der Waals surface area contributed by atoms with E-state index in [2.05, 4.69) is 6.58 Å². The number of hydrogen-bond acceptors (Lipinski definition) is 2. The number of carboxylic acids is 1. The summed E-state index contributed by atoms with van der Waals surface area (Å²) in [5, 5.41) is 8.44. The molecule has 0 saturated heterocycles. The van der Waals surface area contributed by atoms with Crippen LogP contribution in [0.3, 0.4) is 0 Å². The fourth-order valence-electron chi connectivity index (χ4n) is 0.979. The van der Waals surface area contributed by atoms with Gasteiger partial charge in [-0.25, -0.2) is 0 Å². The second-order valence-electron chi connectivity index (χ2n) is 2.86. The van der Waals surface area contributed by atoms with E-state index in [9.17, 15) is 4.79 Å². The summed E-state index contributed by atoms with van der Waals surface area (Å²) in [7, 11) is 0. The van der Waals surface area contributed by atoms with Gasteiger partial charge in [0.2, 0.25) is 0 Å². The van der Waals surface area contributed by atoms with E-state index in [0.717, 1.165) is 5.57 Å². The predicted molar refractivity (Wildman–Crippen MR) is 47.8 cm³/mol. The maximum atomic E-state index is 10.3. The van der Waals surface area contributed by atoms with Crippen molar-refractivity contribution in [3.8, 4) is 0 Å². The van der Waals surface area contributed by atoms with Gasteiger partial charge in [0.05, 0.1) is 0 Å². The maximum Gasteiger partial charge on any atom is 0.303 e. The Hall–Kier alpha value is -0.870. The summed E-state index contributed by atoms with van der Waals surface area (Å²) in [5.74, 6) is -0.744. The zero-order valence-corrected chi connectivity index (χ0v) is 7.34. The smallest absolute Gasteiger partial charge is 0.303 e. The van der Waals surface area contributed by atoms with Crippen molar-refractivity contribution < 1.29 is 15.4 Å². The first-order valence-electron chi connectivity index (χ1n) is 3.62. The van der Waals surface area contributed by atoms with Crippen LogP contribution >= 0.6 is 0 Å². The van der Waals surface area contributed by atoms with Gasteiger partial charge in [0, 0.05) is 6.42 Å². The molecule has 5 N–H and O–H groups in total. The molecule has 0 heterocycles. The number of rotatable bonds is 5. The molecule has 1 atom stereocenters. The first-order chi connectivity index (χ1) is 5.06. The summed E-state index contributed by atoms with van der Waals surface area (Å²) in [5.41, 5.74) is 6.35. The molecule has 0 spiro atoms. The largest absolute Gasteiger partial charge is 0.481 e. The quantitative estimate of drug-likeness (QED) is 0.583. The van der Waals surface area contributed by atoms with Gasteiger partial charge in [0.1, 0.15) is 0 Å². The van der Waals surface area contributed by atoms with E-state index in [1.807, 2.05) is 6.92 Å². The van der Waals surface area contributed by atoms with Crippen molar-refractivity contribution in [1.82, 2.24) is 0 Å². The molecule has 0 bridgehead atoms. The molecule has 0 radical (unpaired) electrons. The standard InChI is InChI=1S/C8H15NO2.H2O/c1-6(2)3-7(5-9)4-8(10)11;/h7H,1,3-5,9H2,2H3,(H,10,11);1H2. The lowest BCUT2D eigenvalue weighted by molar-refractivity contribution is -0.138. The fraction of sp³-hybridized carbons (Fsp3) is 0.625. The average molecular weight is 175 g/mol. The molecule has 4 nitrogen and oxygen atoms in total. The summed E-state index contributed by atoms with van der Waals surface area (Å²) in [6.07, 6.45) is 0.853. The Balaban J connectivity index is 0. The molecular formula is C8H17NO3. The van der Waals surface area contributed by atoms with E-state index in [4.69, 9.17) is 10.8 Å². The molecule has 0 aromatic heterocycles. The van der Waals surface area contributed by atoms with Gasteiger partial charge in [0.25, 0.3) is 0 Å². The fourth-order valence-corrected chi connectivity index (χ4v) is 0.979. The Morgan fingerprint density at radius 3 is 2.33 bits per heavy atom. The summed E-state index contributed by atoms with van der Waals surface area (Å²) >= 11 is 0. The molecule has 0 aromatic rings. The van der Waals surface area contributed by atoms with E-state index in [0.29, 0.717) is 13.0 Å². The van der Waals surface area contributed by atoms with Crippen LogP contribution in [0.15, 0.2) is 12.2 Å². The molecule has 0 fully saturated rings. The third-order valence-electron chi connectivity index (χ3n) is 1.43. The van der Waals surface area contributed by atoms with Crippen LogP contribution in [0.1, 0.15) is 19.8 Å². The number of allylic oxidation sites excluding steroid dienone is 1. The Morgan fingerprint density at radius 1 is 1.58 bits per heavy atom. The monoisotopic (exact) mass is 175 g/mol. The van der Waals surface area contributed by atoms with Crippen molar-refractivity contribution >= 4 is 5.97 Å². The molecular weight excluding hydrogens is 158 g/mol. The first-order valence-corrected chi connectivity index (χ1v) is 3.62. The van der Waals surface area contributed by atoms with E-state index < -0.39 is 5.97 Å². The lowest BCUT2D eigenvalue weighted by Crippen LogP contribution is -2.18. The van der Waals surface area contributed by atoms with Crippen molar-refractivity contribution in [2.75, 3.05) is 6.54 Å². The van der Waals surface area contributed by atoms with Crippen LogP contribution in [0.4, 0.5) is 0 Å². The molecule has 1 unspecified atom stereocenters. The Morgan fingerprint density at radius 2 is 2.08 bits per heavy atom. The normalized spacial score (nSPS) is 11.5. The van der Waals surface area contributed by atoms with E-state index in [-0.39, 0.29) is 17.8 Å². The van der Waals surface area contributed by atoms with Crippen molar-refractivity contribution in [3.05, 3.63) is 12.2 Å². The van der Waals surface area contributed by atoms with Gasteiger partial charge in [-0.3, -0.25) is 4.79 Å². The highest BCUT2D eigenvalue weighted by Gasteiger charge is 2.10. The number of hydrogen-bond donors (Lipinski definition) is 2. The zero-order chi connectivity index (χ0) is 8.85. The molecule has 0 saturated carbocycles. The summed E-state index contributed by atoms with van der Waals surface area (Å²) < 4.78 is 0. The highest BCUT2D eigenvalue weighted by Crippen LogP contribution is 2.11. The molecule has 72 valence electrons. The minimum absolute atomic E-state index is 0. The number of aliphatic carboxylic acids is 1. The van der Waals surface area contributed by atoms with Crippen LogP contribution in [0.2, 0.25) is 0 Å². The lowest BCUT2D eigenvalue weighted by atomic mass is 9.98. The van der Waals surface area contributed by atoms with Gasteiger partial charge in [0.15, 0.2) is 0 Å². The summed E-state index contributed by atoms with van der Waals surface area (Å²) in [6, 6.07) is 0. The Kier molecular flexibility index (Phi) is 7.78. The van der Waals surface area contributed by atoms with Crippen molar-refractivity contribution in [2.24, 2.45) is 11.7 Å². The summed E-state index contributed by atoms with van der Waals surface area (Å²) in [4.78, 5) is 10.3. The molecule has 0 aromatic carbocycles. The average Bonchev–Trinajstić information content (AvgIpc) is 1.84. The van der Waals surface area contributed by atoms with Gasteiger partial charge in [-0.15, -0.1) is 6.58 Å². The molecule has 12 heavy (non-hydrogen) atoms. The molecule has 0 amide bonds. The highest BCUT2D eigenvalue weighted by atomic mass is 16.4. The van der Waals surface area contributed by atoms with Gasteiger partial charge in [-0.2, -0.15) is 0 Å². The third kappa shape index (κ3) is 7.24. The first kappa shape index (κ1) is 13.7. The van der Waals surface area contributed by atoms with Gasteiger partial charge < -0.3 is 16.3 Å². The van der Waals surface area contributed by atoms with Crippen molar-refractivity contribution in [3.63, 3.8) is 0 Å². The van der Waals surface area contributed by atoms with Crippen LogP contribution in [0.25, 0.3) is 0 Å². The third-order valence-corrected chi connectivity index (χ3v) is 1.43. The van der Waals surface area contributed by atoms with Gasteiger partial charge in [-0.1, -0.05) is 5.57 Å². The molecule has 0 aliphatic carbocycles. The SMILES string of the molecule is C=C(C)CC(CN)CC(=O)O.O. The zero-order valence-electron chi connectivity index (χ0n) is 7.34. The summed E-state index contributed by atoms with van der Waals surface area (Å²) in [6.45, 7) is 6.00. The van der Waals surface area contributed by atoms with Crippen LogP contribution in [-0.4, -0.2) is 23.1 Å². The highest BCUT2D eigenvalue weighted by molar-refractivity contribution is 5.67. The Labute approximate surface area is 72.4 Å². The maximum absolute atomic E-state index is 10.3. The predicted octanol–water partition coefficient (Wildman–Crippen LogP) is 0.178. The van der Waals surface area contributed by atoms with Crippen LogP contribution in [-0.2, 0) is 4.79 Å². The molecule has 0 rings (SSSR count). The van der Waals surface area contributed by atoms with Crippen molar-refractivity contribution in [2.45, 2.75) is 19.8 Å². The minimum Gasteiger partial charge on any atom is -0.481 e. The minimum atomic E-state index is -0.790. The topological polar surface area (TPSA) is 94.8 Å². The number of carbonyl (C=O) groups is 1.